The van der Waals surface area contributed by atoms with Crippen LogP contribution in [-0.2, 0) is 11.2 Å². The first-order valence-electron chi connectivity index (χ1n) is 9.96. The quantitative estimate of drug-likeness (QED) is 0.390. The van der Waals surface area contributed by atoms with Gasteiger partial charge in [-0.3, -0.25) is 9.69 Å². The number of alkyl halides is 1. The number of halogens is 1. The lowest BCUT2D eigenvalue weighted by Crippen LogP contribution is -2.54. The first-order valence-corrected chi connectivity index (χ1v) is 11.1. The van der Waals surface area contributed by atoms with Gasteiger partial charge in [0, 0.05) is 5.69 Å². The first kappa shape index (κ1) is 22.6. The summed E-state index contributed by atoms with van der Waals surface area (Å²) in [6.45, 7) is 4.28. The lowest BCUT2D eigenvalue weighted by atomic mass is 10.1. The van der Waals surface area contributed by atoms with E-state index in [9.17, 15) is 4.79 Å². The average molecular weight is 487 g/mol. The number of carbonyl (C=O) groups excluding carboxylic acids is 1. The Hall–Kier alpha value is -3.07. The van der Waals surface area contributed by atoms with E-state index in [-0.39, 0.29) is 23.2 Å². The molecule has 164 valence electrons. The molecule has 2 aromatic rings. The number of ether oxygens (including phenoxy) is 1. The number of benzene rings is 2. The molecule has 0 saturated carbocycles. The van der Waals surface area contributed by atoms with Crippen LogP contribution in [0.2, 0.25) is 0 Å². The van der Waals surface area contributed by atoms with Crippen LogP contribution in [0.5, 0.6) is 5.75 Å². The summed E-state index contributed by atoms with van der Waals surface area (Å²) in [5.74, 6) is 0.754. The molecule has 0 radical (unpaired) electrons. The van der Waals surface area contributed by atoms with E-state index in [0.29, 0.717) is 23.7 Å². The third kappa shape index (κ3) is 5.75. The number of amides is 1. The van der Waals surface area contributed by atoms with Crippen molar-refractivity contribution in [1.82, 2.24) is 0 Å². The summed E-state index contributed by atoms with van der Waals surface area (Å²) in [6, 6.07) is 15.7. The van der Waals surface area contributed by atoms with Crippen LogP contribution in [0.1, 0.15) is 25.8 Å². The maximum atomic E-state index is 12.1. The number of nitrogens with one attached hydrogen (secondary N) is 1. The van der Waals surface area contributed by atoms with Gasteiger partial charge < -0.3 is 21.5 Å². The fourth-order valence-corrected chi connectivity index (χ4v) is 3.56. The Labute approximate surface area is 190 Å². The molecular weight excluding hydrogens is 460 g/mol. The zero-order valence-corrected chi connectivity index (χ0v) is 19.2. The number of carbonyl (C=O) groups is 1. The Morgan fingerprint density at radius 2 is 1.94 bits per heavy atom. The van der Waals surface area contributed by atoms with Crippen LogP contribution in [0, 0.1) is 0 Å². The maximum Gasteiger partial charge on any atom is 0.235 e. The van der Waals surface area contributed by atoms with Crippen molar-refractivity contribution >= 4 is 45.1 Å². The van der Waals surface area contributed by atoms with E-state index < -0.39 is 5.66 Å². The Morgan fingerprint density at radius 3 is 2.61 bits per heavy atom. The van der Waals surface area contributed by atoms with Crippen molar-refractivity contribution in [2.45, 2.75) is 32.4 Å². The summed E-state index contributed by atoms with van der Waals surface area (Å²) < 4.78 is 5.98. The highest BCUT2D eigenvalue weighted by Crippen LogP contribution is 2.34. The summed E-state index contributed by atoms with van der Waals surface area (Å²) in [7, 11) is 0. The molecule has 1 aliphatic heterocycles. The average Bonchev–Trinajstić information content (AvgIpc) is 2.71. The van der Waals surface area contributed by atoms with Gasteiger partial charge in [-0.1, -0.05) is 46.3 Å². The fraction of sp³-hybridized carbons (Fsp3) is 0.318. The number of nitrogens with two attached hydrogens (primary N) is 2. The maximum absolute atomic E-state index is 12.1. The summed E-state index contributed by atoms with van der Waals surface area (Å²) in [5.41, 5.74) is 13.7. The molecule has 0 unspecified atom stereocenters. The van der Waals surface area contributed by atoms with Crippen molar-refractivity contribution in [2.75, 3.05) is 22.2 Å². The van der Waals surface area contributed by atoms with Crippen LogP contribution >= 0.6 is 15.9 Å². The van der Waals surface area contributed by atoms with Gasteiger partial charge in [0.25, 0.3) is 0 Å². The predicted molar refractivity (Wildman–Crippen MR) is 129 cm³/mol. The van der Waals surface area contributed by atoms with Gasteiger partial charge >= 0.3 is 0 Å². The second kappa shape index (κ2) is 9.82. The Bertz CT molecular complexity index is 991. The molecule has 31 heavy (non-hydrogen) atoms. The van der Waals surface area contributed by atoms with E-state index in [4.69, 9.17) is 16.2 Å². The summed E-state index contributed by atoms with van der Waals surface area (Å²) in [5, 5.41) is 3.04. The Kier molecular flexibility index (Phi) is 7.17. The summed E-state index contributed by atoms with van der Waals surface area (Å²) in [4.78, 5) is 22.3. The number of aliphatic imine (C=N–C) groups is 2. The molecule has 8 nitrogen and oxygen atoms in total. The van der Waals surface area contributed by atoms with Crippen LogP contribution < -0.4 is 26.4 Å². The van der Waals surface area contributed by atoms with Gasteiger partial charge in [0.05, 0.1) is 17.6 Å². The van der Waals surface area contributed by atoms with Crippen molar-refractivity contribution < 1.29 is 9.53 Å². The van der Waals surface area contributed by atoms with Crippen LogP contribution in [0.15, 0.2) is 58.5 Å². The number of guanidine groups is 2. The lowest BCUT2D eigenvalue weighted by Gasteiger charge is -2.38. The Balaban J connectivity index is 1.78. The molecule has 1 amide bonds. The number of anilines is 2. The fourth-order valence-electron chi connectivity index (χ4n) is 3.42. The molecule has 2 aromatic carbocycles. The normalized spacial score (nSPS) is 15.1. The monoisotopic (exact) mass is 486 g/mol. The lowest BCUT2D eigenvalue weighted by molar-refractivity contribution is -0.113. The molecule has 0 saturated heterocycles. The molecule has 5 N–H and O–H groups in total. The van der Waals surface area contributed by atoms with Crippen molar-refractivity contribution in [2.24, 2.45) is 21.5 Å². The van der Waals surface area contributed by atoms with Gasteiger partial charge in [-0.05, 0) is 50.5 Å². The van der Waals surface area contributed by atoms with Crippen LogP contribution in [0.25, 0.3) is 0 Å². The predicted octanol–water partition coefficient (Wildman–Crippen LogP) is 3.22. The molecule has 3 rings (SSSR count). The largest absolute Gasteiger partial charge is 0.491 e. The highest BCUT2D eigenvalue weighted by atomic mass is 79.9. The molecular formula is C22H27BrN6O2. The summed E-state index contributed by atoms with van der Waals surface area (Å²) >= 11 is 3.18. The standard InChI is InChI=1S/C22H27BrN6O2/c1-22(2)28-20(24)27-21(25)29(22)16-10-11-18(17(13-16)26-19(30)14-23)31-12-6-9-15-7-4-3-5-8-15/h3-5,7-8,10-11,13H,6,9,12,14H2,1-2H3,(H,26,30)(H4,24,25,27,28). The van der Waals surface area contributed by atoms with E-state index >= 15 is 0 Å². The minimum Gasteiger partial charge on any atom is -0.491 e. The van der Waals surface area contributed by atoms with Crippen LogP contribution in [0.4, 0.5) is 11.4 Å². The van der Waals surface area contributed by atoms with Gasteiger partial charge in [-0.25, -0.2) is 4.99 Å². The van der Waals surface area contributed by atoms with Gasteiger partial charge in [-0.15, -0.1) is 0 Å². The molecule has 0 aromatic heterocycles. The van der Waals surface area contributed by atoms with Crippen LogP contribution in [-0.4, -0.2) is 35.4 Å². The number of rotatable bonds is 8. The molecule has 0 atom stereocenters. The number of aryl methyl sites for hydroxylation is 1. The topological polar surface area (TPSA) is 118 Å². The minimum atomic E-state index is -0.731. The first-order chi connectivity index (χ1) is 14.8. The molecule has 1 heterocycles. The minimum absolute atomic E-state index is 0.130. The molecule has 0 spiro atoms. The number of nitrogens with zero attached hydrogens (tertiary/aromatic N) is 3. The molecule has 9 heteroatoms. The van der Waals surface area contributed by atoms with Crippen molar-refractivity contribution in [3.63, 3.8) is 0 Å². The van der Waals surface area contributed by atoms with E-state index in [1.165, 1.54) is 5.56 Å². The Morgan fingerprint density at radius 1 is 1.19 bits per heavy atom. The molecule has 1 aliphatic rings. The third-order valence-corrected chi connectivity index (χ3v) is 5.23. The van der Waals surface area contributed by atoms with E-state index in [1.54, 1.807) is 11.0 Å². The zero-order valence-electron chi connectivity index (χ0n) is 17.6. The highest BCUT2D eigenvalue weighted by molar-refractivity contribution is 9.09. The van der Waals surface area contributed by atoms with Gasteiger partial charge in [0.2, 0.25) is 17.8 Å². The zero-order chi connectivity index (χ0) is 22.4. The van der Waals surface area contributed by atoms with Crippen molar-refractivity contribution in [3.05, 3.63) is 54.1 Å². The van der Waals surface area contributed by atoms with Crippen molar-refractivity contribution in [3.8, 4) is 5.75 Å². The molecule has 0 bridgehead atoms. The summed E-state index contributed by atoms with van der Waals surface area (Å²) in [6.07, 6.45) is 1.76. The highest BCUT2D eigenvalue weighted by Gasteiger charge is 2.33. The smallest absolute Gasteiger partial charge is 0.235 e. The van der Waals surface area contributed by atoms with Gasteiger partial charge in [0.1, 0.15) is 11.4 Å². The van der Waals surface area contributed by atoms with Crippen LogP contribution in [0.3, 0.4) is 0 Å². The second-order valence-electron chi connectivity index (χ2n) is 7.57. The van der Waals surface area contributed by atoms with Gasteiger partial charge in [-0.2, -0.15) is 4.99 Å². The van der Waals surface area contributed by atoms with E-state index in [0.717, 1.165) is 12.8 Å². The van der Waals surface area contributed by atoms with Gasteiger partial charge in [0.15, 0.2) is 0 Å². The number of hydrogen-bond acceptors (Lipinski definition) is 7. The number of hydrogen-bond donors (Lipinski definition) is 3. The molecule has 0 fully saturated rings. The SMILES string of the molecule is CC1(C)N=C(N)N=C(N)N1c1ccc(OCCCc2ccccc2)c(NC(=O)CBr)c1. The van der Waals surface area contributed by atoms with E-state index in [2.05, 4.69) is 43.4 Å². The third-order valence-electron chi connectivity index (χ3n) is 4.72. The van der Waals surface area contributed by atoms with Crippen molar-refractivity contribution in [1.29, 1.82) is 0 Å². The van der Waals surface area contributed by atoms with E-state index in [1.807, 2.05) is 44.2 Å². The molecule has 0 aliphatic carbocycles. The second-order valence-corrected chi connectivity index (χ2v) is 8.13.